The van der Waals surface area contributed by atoms with Crippen LogP contribution < -0.4 is 10.5 Å². The molecule has 35 heavy (non-hydrogen) atoms. The molecule has 0 bridgehead atoms. The number of halogens is 1. The summed E-state index contributed by atoms with van der Waals surface area (Å²) in [5.41, 5.74) is 6.91. The highest BCUT2D eigenvalue weighted by molar-refractivity contribution is 6.32. The van der Waals surface area contributed by atoms with E-state index >= 15 is 0 Å². The lowest BCUT2D eigenvalue weighted by molar-refractivity contribution is -0.122. The van der Waals surface area contributed by atoms with Crippen LogP contribution in [0.2, 0.25) is 5.02 Å². The average Bonchev–Trinajstić information content (AvgIpc) is 3.33. The Morgan fingerprint density at radius 3 is 2.17 bits per heavy atom. The molecule has 3 aromatic carbocycles. The molecular formula is C29H33ClN2O3. The summed E-state index contributed by atoms with van der Waals surface area (Å²) < 4.78 is 6.15. The van der Waals surface area contributed by atoms with Crippen LogP contribution in [0.4, 0.5) is 0 Å². The third-order valence-electron chi connectivity index (χ3n) is 7.29. The normalized spacial score (nSPS) is 16.8. The summed E-state index contributed by atoms with van der Waals surface area (Å²) in [6.45, 7) is 6.10. The Hall–Kier alpha value is -3.02. The molecule has 1 saturated heterocycles. The molecule has 3 aromatic rings. The van der Waals surface area contributed by atoms with Crippen LogP contribution in [-0.4, -0.2) is 40.6 Å². The van der Waals surface area contributed by atoms with Crippen molar-refractivity contribution >= 4 is 17.5 Å². The monoisotopic (exact) mass is 492 g/mol. The van der Waals surface area contributed by atoms with E-state index in [-0.39, 0.29) is 28.3 Å². The van der Waals surface area contributed by atoms with Gasteiger partial charge in [0.25, 0.3) is 0 Å². The number of aromatic hydroxyl groups is 1. The molecule has 1 amide bonds. The lowest BCUT2D eigenvalue weighted by atomic mass is 9.69. The predicted octanol–water partition coefficient (Wildman–Crippen LogP) is 5.53. The Morgan fingerprint density at radius 1 is 1.03 bits per heavy atom. The fraction of sp³-hybridized carbons (Fsp3) is 0.345. The summed E-state index contributed by atoms with van der Waals surface area (Å²) in [6, 6.07) is 24.6. The number of ether oxygens (including phenoxy) is 1. The zero-order valence-corrected chi connectivity index (χ0v) is 21.0. The third kappa shape index (κ3) is 5.31. The van der Waals surface area contributed by atoms with E-state index in [1.807, 2.05) is 60.7 Å². The molecule has 1 aliphatic heterocycles. The number of rotatable bonds is 9. The molecule has 1 fully saturated rings. The number of phenolic OH excluding ortho intramolecular Hbond substituents is 1. The van der Waals surface area contributed by atoms with Gasteiger partial charge in [0, 0.05) is 24.7 Å². The molecule has 0 spiro atoms. The first-order valence-corrected chi connectivity index (χ1v) is 12.4. The summed E-state index contributed by atoms with van der Waals surface area (Å²) >= 11 is 6.03. The Kier molecular flexibility index (Phi) is 7.39. The van der Waals surface area contributed by atoms with Crippen LogP contribution in [0.25, 0.3) is 0 Å². The van der Waals surface area contributed by atoms with Crippen LogP contribution in [0.5, 0.6) is 11.5 Å². The van der Waals surface area contributed by atoms with Gasteiger partial charge in [-0.15, -0.1) is 0 Å². The maximum absolute atomic E-state index is 13.1. The van der Waals surface area contributed by atoms with Crippen molar-refractivity contribution in [3.05, 3.63) is 95.0 Å². The number of hydrogen-bond donors (Lipinski definition) is 2. The number of carbonyl (C=O) groups is 1. The fourth-order valence-electron chi connectivity index (χ4n) is 5.09. The van der Waals surface area contributed by atoms with Gasteiger partial charge in [-0.25, -0.2) is 0 Å². The van der Waals surface area contributed by atoms with Crippen LogP contribution in [0.15, 0.2) is 78.9 Å². The van der Waals surface area contributed by atoms with E-state index in [1.54, 1.807) is 18.2 Å². The largest absolute Gasteiger partial charge is 0.506 e. The molecule has 1 aliphatic rings. The van der Waals surface area contributed by atoms with Gasteiger partial charge >= 0.3 is 0 Å². The van der Waals surface area contributed by atoms with Crippen molar-refractivity contribution in [2.24, 2.45) is 5.73 Å². The molecular weight excluding hydrogens is 460 g/mol. The predicted molar refractivity (Wildman–Crippen MR) is 140 cm³/mol. The smallest absolute Gasteiger partial charge is 0.232 e. The van der Waals surface area contributed by atoms with E-state index < -0.39 is 5.41 Å². The van der Waals surface area contributed by atoms with E-state index in [0.29, 0.717) is 12.2 Å². The van der Waals surface area contributed by atoms with Gasteiger partial charge in [0.1, 0.15) is 17.6 Å². The SMILES string of the molecule is CC(C)(CCC(C(N)=O)(c1ccccc1)c1ccccc1)N1CC[C@@H](Oc2ccc(O)c(Cl)c2)C1. The maximum Gasteiger partial charge on any atom is 0.232 e. The average molecular weight is 493 g/mol. The molecule has 0 aromatic heterocycles. The summed E-state index contributed by atoms with van der Waals surface area (Å²) in [6.07, 6.45) is 2.29. The highest BCUT2D eigenvalue weighted by Gasteiger charge is 2.43. The van der Waals surface area contributed by atoms with Crippen molar-refractivity contribution in [1.82, 2.24) is 4.90 Å². The number of benzene rings is 3. The van der Waals surface area contributed by atoms with Crippen molar-refractivity contribution in [3.8, 4) is 11.5 Å². The number of nitrogens with zero attached hydrogens (tertiary/aromatic N) is 1. The Balaban J connectivity index is 1.51. The number of likely N-dealkylation sites (tertiary alicyclic amines) is 1. The third-order valence-corrected chi connectivity index (χ3v) is 7.59. The van der Waals surface area contributed by atoms with Crippen molar-refractivity contribution in [3.63, 3.8) is 0 Å². The van der Waals surface area contributed by atoms with Gasteiger partial charge in [-0.05, 0) is 56.4 Å². The number of nitrogens with two attached hydrogens (primary N) is 1. The minimum Gasteiger partial charge on any atom is -0.506 e. The number of hydrogen-bond acceptors (Lipinski definition) is 4. The second-order valence-electron chi connectivity index (χ2n) is 9.90. The van der Waals surface area contributed by atoms with E-state index in [2.05, 4.69) is 18.7 Å². The molecule has 3 N–H and O–H groups in total. The maximum atomic E-state index is 13.1. The molecule has 1 heterocycles. The highest BCUT2D eigenvalue weighted by Crippen LogP contribution is 2.40. The summed E-state index contributed by atoms with van der Waals surface area (Å²) in [7, 11) is 0. The van der Waals surface area contributed by atoms with Gasteiger partial charge in [0.05, 0.1) is 10.4 Å². The van der Waals surface area contributed by atoms with Gasteiger partial charge in [-0.3, -0.25) is 9.69 Å². The van der Waals surface area contributed by atoms with Crippen molar-refractivity contribution in [2.45, 2.75) is 50.2 Å². The van der Waals surface area contributed by atoms with Crippen LogP contribution in [0.3, 0.4) is 0 Å². The van der Waals surface area contributed by atoms with Crippen molar-refractivity contribution in [2.75, 3.05) is 13.1 Å². The molecule has 1 atom stereocenters. The highest BCUT2D eigenvalue weighted by atomic mass is 35.5. The molecule has 184 valence electrons. The minimum absolute atomic E-state index is 0.0269. The Labute approximate surface area is 212 Å². The standard InChI is InChI=1S/C29H33ClN2O3/c1-28(2,32-18-15-24(20-32)35-23-13-14-26(33)25(30)19-23)16-17-29(27(31)34,21-9-5-3-6-10-21)22-11-7-4-8-12-22/h3-14,19,24,33H,15-18,20H2,1-2H3,(H2,31,34)/t24-/m1/s1. The van der Waals surface area contributed by atoms with Gasteiger partial charge in [-0.1, -0.05) is 72.3 Å². The van der Waals surface area contributed by atoms with E-state index in [0.717, 1.165) is 37.1 Å². The lowest BCUT2D eigenvalue weighted by Gasteiger charge is -2.40. The number of primary amides is 1. The van der Waals surface area contributed by atoms with Gasteiger partial charge in [-0.2, -0.15) is 0 Å². The van der Waals surface area contributed by atoms with Crippen LogP contribution in [0.1, 0.15) is 44.2 Å². The van der Waals surface area contributed by atoms with Crippen LogP contribution in [-0.2, 0) is 10.2 Å². The summed E-state index contributed by atoms with van der Waals surface area (Å²) in [4.78, 5) is 15.5. The summed E-state index contributed by atoms with van der Waals surface area (Å²) in [5, 5.41) is 9.93. The zero-order valence-electron chi connectivity index (χ0n) is 20.3. The molecule has 6 heteroatoms. The summed E-state index contributed by atoms with van der Waals surface area (Å²) in [5.74, 6) is 0.360. The molecule has 0 radical (unpaired) electrons. The Morgan fingerprint density at radius 2 is 1.63 bits per heavy atom. The van der Waals surface area contributed by atoms with Gasteiger partial charge in [0.2, 0.25) is 5.91 Å². The molecule has 0 unspecified atom stereocenters. The number of carbonyl (C=O) groups excluding carboxylic acids is 1. The van der Waals surface area contributed by atoms with Gasteiger partial charge in [0.15, 0.2) is 0 Å². The Bertz CT molecular complexity index is 1110. The quantitative estimate of drug-likeness (QED) is 0.412. The van der Waals surface area contributed by atoms with Crippen molar-refractivity contribution in [1.29, 1.82) is 0 Å². The van der Waals surface area contributed by atoms with Crippen LogP contribution >= 0.6 is 11.6 Å². The first kappa shape index (κ1) is 25.1. The zero-order chi connectivity index (χ0) is 25.1. The molecule has 0 aliphatic carbocycles. The second-order valence-corrected chi connectivity index (χ2v) is 10.3. The van der Waals surface area contributed by atoms with Crippen molar-refractivity contribution < 1.29 is 14.6 Å². The first-order valence-electron chi connectivity index (χ1n) is 12.0. The van der Waals surface area contributed by atoms with E-state index in [9.17, 15) is 9.90 Å². The topological polar surface area (TPSA) is 75.8 Å². The van der Waals surface area contributed by atoms with Gasteiger partial charge < -0.3 is 15.6 Å². The molecule has 5 nitrogen and oxygen atoms in total. The second kappa shape index (κ2) is 10.3. The number of amides is 1. The van der Waals surface area contributed by atoms with Crippen LogP contribution in [0, 0.1) is 0 Å². The first-order chi connectivity index (χ1) is 16.7. The lowest BCUT2D eigenvalue weighted by Crippen LogP contribution is -2.47. The molecule has 4 rings (SSSR count). The molecule has 0 saturated carbocycles. The fourth-order valence-corrected chi connectivity index (χ4v) is 5.26. The number of phenols is 1. The van der Waals surface area contributed by atoms with E-state index in [1.165, 1.54) is 0 Å². The van der Waals surface area contributed by atoms with E-state index in [4.69, 9.17) is 22.1 Å². The minimum atomic E-state index is -0.905.